The lowest BCUT2D eigenvalue weighted by atomic mass is 10.1. The minimum Gasteiger partial charge on any atom is -0.391 e. The largest absolute Gasteiger partial charge is 0.391 e. The van der Waals surface area contributed by atoms with E-state index in [1.807, 2.05) is 31.2 Å². The molecule has 0 bridgehead atoms. The molecule has 24 heavy (non-hydrogen) atoms. The molecule has 128 valence electrons. The van der Waals surface area contributed by atoms with E-state index in [9.17, 15) is 9.90 Å². The second kappa shape index (κ2) is 7.77. The summed E-state index contributed by atoms with van der Waals surface area (Å²) in [5.41, 5.74) is 2.59. The van der Waals surface area contributed by atoms with Gasteiger partial charge in [-0.1, -0.05) is 12.1 Å². The molecule has 0 saturated carbocycles. The van der Waals surface area contributed by atoms with Gasteiger partial charge in [-0.25, -0.2) is 4.98 Å². The van der Waals surface area contributed by atoms with Gasteiger partial charge in [0, 0.05) is 37.1 Å². The number of β-amino-alcohol motifs (C(OH)–C–C–N with tert-alkyl or cyclic N) is 1. The number of carbonyl (C=O) groups excluding carboxylic acids is 1. The van der Waals surface area contributed by atoms with Crippen molar-refractivity contribution in [1.29, 1.82) is 0 Å². The molecule has 0 radical (unpaired) electrons. The van der Waals surface area contributed by atoms with Gasteiger partial charge in [0.2, 0.25) is 0 Å². The Morgan fingerprint density at radius 3 is 3.04 bits per heavy atom. The average molecular weight is 345 g/mol. The summed E-state index contributed by atoms with van der Waals surface area (Å²) in [6, 6.07) is 7.58. The maximum Gasteiger partial charge on any atom is 0.256 e. The third kappa shape index (κ3) is 4.13. The highest BCUT2D eigenvalue weighted by atomic mass is 32.1. The van der Waals surface area contributed by atoms with Gasteiger partial charge in [-0.3, -0.25) is 4.79 Å². The number of nitrogens with one attached hydrogen (secondary N) is 1. The van der Waals surface area contributed by atoms with Crippen LogP contribution in [0, 0.1) is 6.92 Å². The third-order valence-electron chi connectivity index (χ3n) is 4.20. The summed E-state index contributed by atoms with van der Waals surface area (Å²) in [4.78, 5) is 19.0. The Balaban J connectivity index is 1.64. The minimum atomic E-state index is -0.407. The van der Waals surface area contributed by atoms with Crippen molar-refractivity contribution in [2.75, 3.05) is 25.0 Å². The van der Waals surface area contributed by atoms with E-state index in [2.05, 4.69) is 15.7 Å². The van der Waals surface area contributed by atoms with E-state index in [1.165, 1.54) is 0 Å². The number of rotatable bonds is 5. The van der Waals surface area contributed by atoms with Crippen molar-refractivity contribution in [2.24, 2.45) is 0 Å². The van der Waals surface area contributed by atoms with E-state index in [0.29, 0.717) is 18.7 Å². The molecule has 2 heterocycles. The first-order chi connectivity index (χ1) is 11.6. The number of aliphatic hydroxyl groups excluding tert-OH is 1. The van der Waals surface area contributed by atoms with Gasteiger partial charge in [-0.15, -0.1) is 11.3 Å². The first-order valence-corrected chi connectivity index (χ1v) is 9.22. The number of aromatic nitrogens is 1. The van der Waals surface area contributed by atoms with Crippen LogP contribution in [0.15, 0.2) is 29.6 Å². The molecule has 0 spiro atoms. The summed E-state index contributed by atoms with van der Waals surface area (Å²) in [7, 11) is 0. The predicted octanol–water partition coefficient (Wildman–Crippen LogP) is 2.70. The minimum absolute atomic E-state index is 0.0126. The highest BCUT2D eigenvalue weighted by Gasteiger charge is 2.24. The SMILES string of the molecule is Cc1nc(CCNc2ccccc2C(=O)N2CCCC(O)C2)cs1. The molecule has 2 aromatic rings. The topological polar surface area (TPSA) is 65.5 Å². The number of aliphatic hydroxyl groups is 1. The molecule has 1 aliphatic rings. The molecule has 1 atom stereocenters. The number of hydrogen-bond acceptors (Lipinski definition) is 5. The summed E-state index contributed by atoms with van der Waals surface area (Å²) >= 11 is 1.65. The molecule has 1 amide bonds. The highest BCUT2D eigenvalue weighted by Crippen LogP contribution is 2.20. The van der Waals surface area contributed by atoms with Crippen LogP contribution in [0.1, 0.15) is 33.9 Å². The molecule has 6 heteroatoms. The van der Waals surface area contributed by atoms with Crippen molar-refractivity contribution in [3.05, 3.63) is 45.9 Å². The fourth-order valence-corrected chi connectivity index (χ4v) is 3.63. The maximum atomic E-state index is 12.8. The van der Waals surface area contributed by atoms with Crippen LogP contribution in [0.5, 0.6) is 0 Å². The maximum absolute atomic E-state index is 12.8. The Kier molecular flexibility index (Phi) is 5.48. The Labute approximate surface area is 146 Å². The van der Waals surface area contributed by atoms with Crippen molar-refractivity contribution >= 4 is 22.9 Å². The highest BCUT2D eigenvalue weighted by molar-refractivity contribution is 7.09. The Bertz CT molecular complexity index is 701. The van der Waals surface area contributed by atoms with Gasteiger partial charge < -0.3 is 15.3 Å². The number of carbonyl (C=O) groups is 1. The van der Waals surface area contributed by atoms with Gasteiger partial charge in [0.05, 0.1) is 22.4 Å². The molecule has 2 N–H and O–H groups in total. The summed E-state index contributed by atoms with van der Waals surface area (Å²) in [6.07, 6.45) is 2.05. The molecule has 1 unspecified atom stereocenters. The second-order valence-corrected chi connectivity index (χ2v) is 7.19. The van der Waals surface area contributed by atoms with E-state index in [-0.39, 0.29) is 5.91 Å². The van der Waals surface area contributed by atoms with Gasteiger partial charge in [0.1, 0.15) is 0 Å². The number of likely N-dealkylation sites (tertiary alicyclic amines) is 1. The standard InChI is InChI=1S/C18H23N3O2S/c1-13-20-14(12-24-13)8-9-19-17-7-3-2-6-16(17)18(23)21-10-4-5-15(22)11-21/h2-3,6-7,12,15,19,22H,4-5,8-11H2,1H3. The van der Waals surface area contributed by atoms with Crippen molar-refractivity contribution in [3.8, 4) is 0 Å². The summed E-state index contributed by atoms with van der Waals surface area (Å²) in [5.74, 6) is -0.0126. The Hall–Kier alpha value is -1.92. The number of anilines is 1. The van der Waals surface area contributed by atoms with Crippen LogP contribution in [0.2, 0.25) is 0 Å². The normalized spacial score (nSPS) is 17.8. The lowest BCUT2D eigenvalue weighted by Gasteiger charge is -2.30. The second-order valence-electron chi connectivity index (χ2n) is 6.13. The third-order valence-corrected chi connectivity index (χ3v) is 5.03. The van der Waals surface area contributed by atoms with E-state index in [0.717, 1.165) is 42.2 Å². The van der Waals surface area contributed by atoms with Gasteiger partial charge in [0.25, 0.3) is 5.91 Å². The van der Waals surface area contributed by atoms with Crippen LogP contribution in [0.25, 0.3) is 0 Å². The first-order valence-electron chi connectivity index (χ1n) is 8.35. The van der Waals surface area contributed by atoms with E-state index in [4.69, 9.17) is 0 Å². The molecule has 5 nitrogen and oxygen atoms in total. The molecule has 1 fully saturated rings. The fraction of sp³-hybridized carbons (Fsp3) is 0.444. The molecule has 1 aliphatic heterocycles. The number of aryl methyl sites for hydroxylation is 1. The van der Waals surface area contributed by atoms with Crippen LogP contribution in [-0.4, -0.2) is 46.6 Å². The van der Waals surface area contributed by atoms with Crippen molar-refractivity contribution in [2.45, 2.75) is 32.3 Å². The summed E-state index contributed by atoms with van der Waals surface area (Å²) in [5, 5.41) is 16.3. The van der Waals surface area contributed by atoms with E-state index < -0.39 is 6.10 Å². The van der Waals surface area contributed by atoms with Crippen molar-refractivity contribution in [3.63, 3.8) is 0 Å². The first kappa shape index (κ1) is 16.9. The predicted molar refractivity (Wildman–Crippen MR) is 96.6 cm³/mol. The Morgan fingerprint density at radius 1 is 1.46 bits per heavy atom. The molecular formula is C18H23N3O2S. The van der Waals surface area contributed by atoms with Crippen LogP contribution in [0.4, 0.5) is 5.69 Å². The number of para-hydroxylation sites is 1. The number of amides is 1. The van der Waals surface area contributed by atoms with Gasteiger partial charge in [0.15, 0.2) is 0 Å². The Morgan fingerprint density at radius 2 is 2.29 bits per heavy atom. The van der Waals surface area contributed by atoms with Crippen LogP contribution in [-0.2, 0) is 6.42 Å². The van der Waals surface area contributed by atoms with Crippen LogP contribution >= 0.6 is 11.3 Å². The number of nitrogens with zero attached hydrogens (tertiary/aromatic N) is 2. The smallest absolute Gasteiger partial charge is 0.256 e. The molecule has 1 aromatic heterocycles. The van der Waals surface area contributed by atoms with Gasteiger partial charge in [-0.2, -0.15) is 0 Å². The lowest BCUT2D eigenvalue weighted by Crippen LogP contribution is -2.42. The zero-order valence-corrected chi connectivity index (χ0v) is 14.7. The van der Waals surface area contributed by atoms with E-state index in [1.54, 1.807) is 16.2 Å². The molecule has 0 aliphatic carbocycles. The van der Waals surface area contributed by atoms with Crippen LogP contribution in [0.3, 0.4) is 0 Å². The molecule has 3 rings (SSSR count). The van der Waals surface area contributed by atoms with Gasteiger partial charge >= 0.3 is 0 Å². The van der Waals surface area contributed by atoms with Crippen molar-refractivity contribution in [1.82, 2.24) is 9.88 Å². The summed E-state index contributed by atoms with van der Waals surface area (Å²) < 4.78 is 0. The molecule has 1 saturated heterocycles. The fourth-order valence-electron chi connectivity index (χ4n) is 2.98. The number of hydrogen-bond donors (Lipinski definition) is 2. The number of thiazole rings is 1. The monoisotopic (exact) mass is 345 g/mol. The van der Waals surface area contributed by atoms with Crippen molar-refractivity contribution < 1.29 is 9.90 Å². The number of benzene rings is 1. The lowest BCUT2D eigenvalue weighted by molar-refractivity contribution is 0.0474. The molecule has 1 aromatic carbocycles. The summed E-state index contributed by atoms with van der Waals surface area (Å²) in [6.45, 7) is 3.87. The molecular weight excluding hydrogens is 322 g/mol. The zero-order chi connectivity index (χ0) is 16.9. The average Bonchev–Trinajstić information content (AvgIpc) is 3.00. The van der Waals surface area contributed by atoms with Gasteiger partial charge in [-0.05, 0) is 31.9 Å². The number of piperidine rings is 1. The quantitative estimate of drug-likeness (QED) is 0.874. The van der Waals surface area contributed by atoms with Crippen LogP contribution < -0.4 is 5.32 Å². The zero-order valence-electron chi connectivity index (χ0n) is 13.9. The van der Waals surface area contributed by atoms with E-state index >= 15 is 0 Å².